The first-order chi connectivity index (χ1) is 18.2. The first-order valence-corrected chi connectivity index (χ1v) is 13.0. The lowest BCUT2D eigenvalue weighted by Crippen LogP contribution is -2.45. The normalized spacial score (nSPS) is 23.8. The van der Waals surface area contributed by atoms with Crippen LogP contribution < -0.4 is 19.4 Å². The fraction of sp³-hybridized carbons (Fsp3) is 0.500. The monoisotopic (exact) mass is 535 g/mol. The van der Waals surface area contributed by atoms with Crippen LogP contribution in [0.2, 0.25) is 0 Å². The third-order valence-corrected chi connectivity index (χ3v) is 7.31. The Morgan fingerprint density at radius 2 is 1.82 bits per heavy atom. The van der Waals surface area contributed by atoms with Gasteiger partial charge in [-0.15, -0.1) is 0 Å². The van der Waals surface area contributed by atoms with E-state index in [1.807, 2.05) is 11.8 Å². The number of hydrazone groups is 1. The van der Waals surface area contributed by atoms with E-state index in [1.165, 1.54) is 18.0 Å². The predicted molar refractivity (Wildman–Crippen MR) is 139 cm³/mol. The van der Waals surface area contributed by atoms with E-state index >= 15 is 0 Å². The molecule has 0 saturated carbocycles. The van der Waals surface area contributed by atoms with Gasteiger partial charge in [0.25, 0.3) is 0 Å². The fourth-order valence-electron chi connectivity index (χ4n) is 5.26. The Morgan fingerprint density at radius 1 is 1.11 bits per heavy atom. The maximum absolute atomic E-state index is 14.6. The van der Waals surface area contributed by atoms with E-state index in [4.69, 9.17) is 9.47 Å². The van der Waals surface area contributed by atoms with Gasteiger partial charge in [0.15, 0.2) is 0 Å². The van der Waals surface area contributed by atoms with Gasteiger partial charge in [0.2, 0.25) is 0 Å². The molecule has 0 radical (unpaired) electrons. The number of nitrogens with zero attached hydrogens (tertiary/aromatic N) is 3. The van der Waals surface area contributed by atoms with Crippen LogP contribution in [0.25, 0.3) is 0 Å². The van der Waals surface area contributed by atoms with Crippen LogP contribution in [0.5, 0.6) is 11.5 Å². The van der Waals surface area contributed by atoms with Gasteiger partial charge in [0, 0.05) is 43.8 Å². The molecule has 10 heteroatoms. The van der Waals surface area contributed by atoms with E-state index < -0.39 is 23.8 Å². The maximum atomic E-state index is 14.6. The molecule has 0 aliphatic carbocycles. The summed E-state index contributed by atoms with van der Waals surface area (Å²) in [5, 5.41) is 5.11. The lowest BCUT2D eigenvalue weighted by atomic mass is 9.91. The zero-order valence-corrected chi connectivity index (χ0v) is 21.7. The lowest BCUT2D eigenvalue weighted by molar-refractivity contribution is -0.108. The number of carbonyl (C=O) groups excluding carboxylic acids is 1. The number of piperidine rings is 1. The van der Waals surface area contributed by atoms with Gasteiger partial charge in [-0.25, -0.2) is 4.39 Å². The van der Waals surface area contributed by atoms with Crippen molar-refractivity contribution in [3.8, 4) is 11.5 Å². The lowest BCUT2D eigenvalue weighted by Gasteiger charge is -2.39. The van der Waals surface area contributed by atoms with Crippen LogP contribution in [-0.2, 0) is 4.79 Å². The van der Waals surface area contributed by atoms with Crippen molar-refractivity contribution in [1.82, 2.24) is 0 Å². The van der Waals surface area contributed by atoms with Gasteiger partial charge in [-0.3, -0.25) is 5.01 Å². The van der Waals surface area contributed by atoms with Crippen LogP contribution in [0, 0.1) is 17.7 Å². The highest BCUT2D eigenvalue weighted by atomic mass is 19.4. The van der Waals surface area contributed by atoms with Gasteiger partial charge in [-0.05, 0) is 49.7 Å². The Kier molecular flexibility index (Phi) is 8.47. The van der Waals surface area contributed by atoms with Crippen molar-refractivity contribution in [2.45, 2.75) is 58.4 Å². The number of anilines is 2. The van der Waals surface area contributed by atoms with Crippen molar-refractivity contribution >= 4 is 23.4 Å². The first kappa shape index (κ1) is 27.7. The highest BCUT2D eigenvalue weighted by molar-refractivity contribution is 5.95. The molecule has 4 atom stereocenters. The summed E-state index contributed by atoms with van der Waals surface area (Å²) in [5.74, 6) is 0.151. The molecule has 0 spiro atoms. The van der Waals surface area contributed by atoms with Gasteiger partial charge < -0.3 is 19.2 Å². The van der Waals surface area contributed by atoms with E-state index in [0.29, 0.717) is 55.3 Å². The SMILES string of the molecule is CCOc1ccc(F)c(N2CCC(Oc3ccc(N4N=C(C(F)(F)F)C(C)C4CC=O)cc3)C(CC)C2)c1. The molecule has 0 aromatic heterocycles. The first-order valence-electron chi connectivity index (χ1n) is 13.0. The van der Waals surface area contributed by atoms with Crippen LogP contribution >= 0.6 is 0 Å². The molecule has 2 aromatic rings. The Balaban J connectivity index is 1.45. The molecule has 0 bridgehead atoms. The molecule has 6 nitrogen and oxygen atoms in total. The summed E-state index contributed by atoms with van der Waals surface area (Å²) in [6, 6.07) is 10.8. The highest BCUT2D eigenvalue weighted by Crippen LogP contribution is 2.37. The van der Waals surface area contributed by atoms with Gasteiger partial charge in [0.05, 0.1) is 24.0 Å². The number of rotatable bonds is 9. The Bertz CT molecular complexity index is 1140. The van der Waals surface area contributed by atoms with Crippen LogP contribution in [0.3, 0.4) is 0 Å². The van der Waals surface area contributed by atoms with E-state index in [0.717, 1.165) is 6.42 Å². The van der Waals surface area contributed by atoms with E-state index in [2.05, 4.69) is 12.0 Å². The summed E-state index contributed by atoms with van der Waals surface area (Å²) in [5.41, 5.74) is 0.0907. The van der Waals surface area contributed by atoms with E-state index in [9.17, 15) is 22.4 Å². The van der Waals surface area contributed by atoms with Gasteiger partial charge in [0.1, 0.15) is 35.4 Å². The number of aldehydes is 1. The van der Waals surface area contributed by atoms with Crippen LogP contribution in [0.1, 0.15) is 40.0 Å². The molecule has 2 heterocycles. The molecular weight excluding hydrogens is 502 g/mol. The number of halogens is 4. The summed E-state index contributed by atoms with van der Waals surface area (Å²) < 4.78 is 66.7. The molecule has 206 valence electrons. The predicted octanol–water partition coefficient (Wildman–Crippen LogP) is 6.24. The number of alkyl halides is 3. The van der Waals surface area contributed by atoms with Crippen LogP contribution in [0.15, 0.2) is 47.6 Å². The molecule has 38 heavy (non-hydrogen) atoms. The van der Waals surface area contributed by atoms with Crippen LogP contribution in [-0.4, -0.2) is 50.0 Å². The summed E-state index contributed by atoms with van der Waals surface area (Å²) in [4.78, 5) is 13.2. The summed E-state index contributed by atoms with van der Waals surface area (Å²) in [6.07, 6.45) is -2.58. The number of hydrogen-bond donors (Lipinski definition) is 0. The number of hydrogen-bond acceptors (Lipinski definition) is 6. The highest BCUT2D eigenvalue weighted by Gasteiger charge is 2.48. The minimum atomic E-state index is -4.56. The van der Waals surface area contributed by atoms with Gasteiger partial charge in [-0.1, -0.05) is 13.8 Å². The quantitative estimate of drug-likeness (QED) is 0.281. The summed E-state index contributed by atoms with van der Waals surface area (Å²) in [7, 11) is 0. The zero-order valence-electron chi connectivity index (χ0n) is 21.7. The van der Waals surface area contributed by atoms with E-state index in [1.54, 1.807) is 36.4 Å². The number of benzene rings is 2. The molecule has 4 unspecified atom stereocenters. The fourth-order valence-corrected chi connectivity index (χ4v) is 5.26. The van der Waals surface area contributed by atoms with Crippen molar-refractivity contribution in [3.63, 3.8) is 0 Å². The molecule has 0 amide bonds. The molecule has 2 aliphatic rings. The maximum Gasteiger partial charge on any atom is 0.431 e. The smallest absolute Gasteiger partial charge is 0.431 e. The average molecular weight is 536 g/mol. The molecule has 1 saturated heterocycles. The van der Waals surface area contributed by atoms with E-state index in [-0.39, 0.29) is 24.3 Å². The second-order valence-corrected chi connectivity index (χ2v) is 9.69. The minimum absolute atomic E-state index is 0.0622. The third-order valence-electron chi connectivity index (χ3n) is 7.31. The minimum Gasteiger partial charge on any atom is -0.494 e. The summed E-state index contributed by atoms with van der Waals surface area (Å²) in [6.45, 7) is 7.13. The number of ether oxygens (including phenoxy) is 2. The number of carbonyl (C=O) groups is 1. The topological polar surface area (TPSA) is 54.4 Å². The average Bonchev–Trinajstić information content (AvgIpc) is 3.23. The van der Waals surface area contributed by atoms with Gasteiger partial charge >= 0.3 is 6.18 Å². The molecule has 1 fully saturated rings. The summed E-state index contributed by atoms with van der Waals surface area (Å²) >= 11 is 0. The Hall–Kier alpha value is -3.30. The van der Waals surface area contributed by atoms with Crippen molar-refractivity contribution in [2.24, 2.45) is 16.9 Å². The second-order valence-electron chi connectivity index (χ2n) is 9.69. The molecule has 0 N–H and O–H groups in total. The standard InChI is InChI=1S/C28H33F4N3O3/c1-4-19-17-34(25-16-22(37-5-2)10-11-23(25)29)14-12-26(19)38-21-8-6-20(7-9-21)35-24(13-15-36)18(3)27(33-35)28(30,31)32/h6-11,15-16,18-19,24,26H,4-5,12-14,17H2,1-3H3. The molecule has 4 rings (SSSR count). The molecule has 2 aromatic carbocycles. The molecular formula is C28H33F4N3O3. The zero-order chi connectivity index (χ0) is 27.4. The van der Waals surface area contributed by atoms with Crippen LogP contribution in [0.4, 0.5) is 28.9 Å². The van der Waals surface area contributed by atoms with Crippen molar-refractivity contribution in [2.75, 3.05) is 29.6 Å². The van der Waals surface area contributed by atoms with Crippen molar-refractivity contribution in [1.29, 1.82) is 0 Å². The van der Waals surface area contributed by atoms with Crippen molar-refractivity contribution < 1.29 is 31.8 Å². The second kappa shape index (κ2) is 11.6. The Labute approximate surface area is 220 Å². The third kappa shape index (κ3) is 5.89. The molecule has 2 aliphatic heterocycles. The van der Waals surface area contributed by atoms with Crippen molar-refractivity contribution in [3.05, 3.63) is 48.3 Å². The largest absolute Gasteiger partial charge is 0.494 e. The van der Waals surface area contributed by atoms with Gasteiger partial charge in [-0.2, -0.15) is 18.3 Å². The Morgan fingerprint density at radius 3 is 2.45 bits per heavy atom.